The summed E-state index contributed by atoms with van der Waals surface area (Å²) in [5.41, 5.74) is 1.87. The number of hydrogen-bond donors (Lipinski definition) is 0. The van der Waals surface area contributed by atoms with Gasteiger partial charge in [-0.15, -0.1) is 0 Å². The SMILES string of the molecule is COCC(=O)N(C)C1=C(N(Cc2ccccc2)Cc2ccccc2)C(=O)c2nccnc2C1=O. The summed E-state index contributed by atoms with van der Waals surface area (Å²) in [6.07, 6.45) is 2.74. The van der Waals surface area contributed by atoms with Gasteiger partial charge in [-0.3, -0.25) is 14.4 Å². The number of amides is 1. The number of hydrogen-bond acceptors (Lipinski definition) is 7. The average Bonchev–Trinajstić information content (AvgIpc) is 2.86. The second-order valence-electron chi connectivity index (χ2n) is 7.82. The van der Waals surface area contributed by atoms with Crippen molar-refractivity contribution < 1.29 is 19.1 Å². The quantitative estimate of drug-likeness (QED) is 0.515. The van der Waals surface area contributed by atoms with Crippen molar-refractivity contribution in [2.24, 2.45) is 0 Å². The normalized spacial score (nSPS) is 13.0. The van der Waals surface area contributed by atoms with Crippen LogP contribution < -0.4 is 0 Å². The van der Waals surface area contributed by atoms with Gasteiger partial charge in [0.2, 0.25) is 11.6 Å². The molecular formula is C26H24N4O4. The smallest absolute Gasteiger partial charge is 0.252 e. The fraction of sp³-hybridized carbons (Fsp3) is 0.192. The first kappa shape index (κ1) is 23.0. The fourth-order valence-corrected chi connectivity index (χ4v) is 3.88. The first-order chi connectivity index (χ1) is 16.5. The molecule has 1 heterocycles. The maximum atomic E-state index is 13.8. The molecule has 1 aliphatic carbocycles. The van der Waals surface area contributed by atoms with Crippen molar-refractivity contribution in [2.75, 3.05) is 20.8 Å². The molecule has 8 nitrogen and oxygen atoms in total. The van der Waals surface area contributed by atoms with Crippen LogP contribution in [0.25, 0.3) is 0 Å². The molecule has 0 bridgehead atoms. The van der Waals surface area contributed by atoms with E-state index in [0.29, 0.717) is 13.1 Å². The van der Waals surface area contributed by atoms with Crippen LogP contribution in [-0.2, 0) is 22.6 Å². The van der Waals surface area contributed by atoms with Crippen LogP contribution in [0.2, 0.25) is 0 Å². The van der Waals surface area contributed by atoms with Gasteiger partial charge in [-0.25, -0.2) is 9.97 Å². The summed E-state index contributed by atoms with van der Waals surface area (Å²) in [6, 6.07) is 19.2. The van der Waals surface area contributed by atoms with E-state index >= 15 is 0 Å². The molecule has 8 heteroatoms. The second-order valence-corrected chi connectivity index (χ2v) is 7.82. The van der Waals surface area contributed by atoms with Gasteiger partial charge in [-0.1, -0.05) is 60.7 Å². The van der Waals surface area contributed by atoms with E-state index in [9.17, 15) is 14.4 Å². The standard InChI is InChI=1S/C26H24N4O4/c1-29(20(31)17-34-2)23-24(26(33)22-21(25(23)32)27-13-14-28-22)30(15-18-9-5-3-6-10-18)16-19-11-7-4-8-12-19/h3-14H,15-17H2,1-2H3. The first-order valence-corrected chi connectivity index (χ1v) is 10.7. The summed E-state index contributed by atoms with van der Waals surface area (Å²) in [7, 11) is 2.86. The molecule has 0 saturated carbocycles. The van der Waals surface area contributed by atoms with E-state index in [0.717, 1.165) is 11.1 Å². The van der Waals surface area contributed by atoms with Crippen LogP contribution in [0, 0.1) is 0 Å². The summed E-state index contributed by atoms with van der Waals surface area (Å²) in [5.74, 6) is -1.44. The topological polar surface area (TPSA) is 92.7 Å². The molecule has 3 aromatic rings. The van der Waals surface area contributed by atoms with Crippen molar-refractivity contribution in [2.45, 2.75) is 13.1 Å². The Balaban J connectivity index is 1.89. The zero-order chi connectivity index (χ0) is 24.1. The van der Waals surface area contributed by atoms with Crippen LogP contribution in [0.4, 0.5) is 0 Å². The highest BCUT2D eigenvalue weighted by atomic mass is 16.5. The molecule has 0 fully saturated rings. The number of aromatic nitrogens is 2. The predicted octanol–water partition coefficient (Wildman–Crippen LogP) is 2.87. The van der Waals surface area contributed by atoms with Crippen LogP contribution >= 0.6 is 0 Å². The molecule has 4 rings (SSSR count). The number of rotatable bonds is 8. The largest absolute Gasteiger partial charge is 0.375 e. The highest BCUT2D eigenvalue weighted by molar-refractivity contribution is 6.25. The molecule has 0 unspecified atom stereocenters. The van der Waals surface area contributed by atoms with E-state index in [1.807, 2.05) is 65.6 Å². The van der Waals surface area contributed by atoms with Gasteiger partial charge in [0.15, 0.2) is 0 Å². The molecule has 1 aromatic heterocycles. The minimum atomic E-state index is -0.532. The Labute approximate surface area is 197 Å². The molecule has 34 heavy (non-hydrogen) atoms. The lowest BCUT2D eigenvalue weighted by Gasteiger charge is -2.33. The van der Waals surface area contributed by atoms with Crippen molar-refractivity contribution in [3.63, 3.8) is 0 Å². The number of carbonyl (C=O) groups is 3. The molecule has 0 aliphatic heterocycles. The summed E-state index contributed by atoms with van der Waals surface area (Å²) in [4.78, 5) is 51.3. The molecule has 0 saturated heterocycles. The summed E-state index contributed by atoms with van der Waals surface area (Å²) >= 11 is 0. The van der Waals surface area contributed by atoms with Gasteiger partial charge in [-0.05, 0) is 11.1 Å². The van der Waals surface area contributed by atoms with Crippen molar-refractivity contribution in [3.8, 4) is 0 Å². The fourth-order valence-electron chi connectivity index (χ4n) is 3.88. The molecule has 2 aromatic carbocycles. The number of Topliss-reactive ketones (excluding diaryl/α,β-unsaturated/α-hetero) is 2. The minimum absolute atomic E-state index is 0.0232. The highest BCUT2D eigenvalue weighted by Crippen LogP contribution is 2.30. The number of likely N-dealkylation sites (N-methyl/N-ethyl adjacent to an activating group) is 1. The second kappa shape index (κ2) is 10.2. The first-order valence-electron chi connectivity index (χ1n) is 10.7. The minimum Gasteiger partial charge on any atom is -0.375 e. The number of ether oxygens (including phenoxy) is 1. The van der Waals surface area contributed by atoms with Gasteiger partial charge in [-0.2, -0.15) is 0 Å². The maximum Gasteiger partial charge on any atom is 0.252 e. The molecule has 172 valence electrons. The average molecular weight is 457 g/mol. The summed E-state index contributed by atoms with van der Waals surface area (Å²) in [6.45, 7) is 0.449. The molecule has 0 spiro atoms. The Morgan fingerprint density at radius 3 is 1.74 bits per heavy atom. The van der Waals surface area contributed by atoms with Crippen LogP contribution in [0.1, 0.15) is 32.1 Å². The van der Waals surface area contributed by atoms with Crippen LogP contribution in [0.15, 0.2) is 84.5 Å². The molecule has 0 N–H and O–H groups in total. The van der Waals surface area contributed by atoms with Crippen molar-refractivity contribution in [1.29, 1.82) is 0 Å². The molecular weight excluding hydrogens is 432 g/mol. The zero-order valence-electron chi connectivity index (χ0n) is 19.0. The van der Waals surface area contributed by atoms with E-state index in [1.54, 1.807) is 0 Å². The van der Waals surface area contributed by atoms with Crippen molar-refractivity contribution >= 4 is 17.5 Å². The van der Waals surface area contributed by atoms with Crippen molar-refractivity contribution in [3.05, 3.63) is 107 Å². The number of methoxy groups -OCH3 is 1. The lowest BCUT2D eigenvalue weighted by atomic mass is 9.95. The number of carbonyl (C=O) groups excluding carboxylic acids is 3. The van der Waals surface area contributed by atoms with Crippen LogP contribution in [0.5, 0.6) is 0 Å². The Kier molecular flexibility index (Phi) is 6.89. The van der Waals surface area contributed by atoms with E-state index in [2.05, 4.69) is 9.97 Å². The zero-order valence-corrected chi connectivity index (χ0v) is 19.0. The number of benzene rings is 2. The highest BCUT2D eigenvalue weighted by Gasteiger charge is 2.40. The van der Waals surface area contributed by atoms with E-state index in [1.165, 1.54) is 31.5 Å². The van der Waals surface area contributed by atoms with E-state index in [-0.39, 0.29) is 29.4 Å². The van der Waals surface area contributed by atoms with Crippen LogP contribution in [0.3, 0.4) is 0 Å². The maximum absolute atomic E-state index is 13.8. The van der Waals surface area contributed by atoms with Crippen molar-refractivity contribution in [1.82, 2.24) is 19.8 Å². The number of allylic oxidation sites excluding steroid dienone is 2. The van der Waals surface area contributed by atoms with Gasteiger partial charge in [0.05, 0.1) is 0 Å². The Hall–Kier alpha value is -4.17. The molecule has 0 atom stereocenters. The predicted molar refractivity (Wildman–Crippen MR) is 124 cm³/mol. The van der Waals surface area contributed by atoms with E-state index in [4.69, 9.17) is 4.74 Å². The Morgan fingerprint density at radius 2 is 1.26 bits per heavy atom. The van der Waals surface area contributed by atoms with Gasteiger partial charge >= 0.3 is 0 Å². The molecule has 1 amide bonds. The third kappa shape index (κ3) is 4.62. The summed E-state index contributed by atoms with van der Waals surface area (Å²) in [5, 5.41) is 0. The molecule has 1 aliphatic rings. The van der Waals surface area contributed by atoms with Gasteiger partial charge in [0, 0.05) is 39.6 Å². The third-order valence-corrected chi connectivity index (χ3v) is 5.51. The Morgan fingerprint density at radius 1 is 0.794 bits per heavy atom. The van der Waals surface area contributed by atoms with Crippen LogP contribution in [-0.4, -0.2) is 58.0 Å². The van der Waals surface area contributed by atoms with E-state index < -0.39 is 17.5 Å². The monoisotopic (exact) mass is 456 g/mol. The van der Waals surface area contributed by atoms with Gasteiger partial charge in [0.1, 0.15) is 29.4 Å². The van der Waals surface area contributed by atoms with Gasteiger partial charge in [0.25, 0.3) is 5.91 Å². The number of fused-ring (bicyclic) bond motifs is 1. The third-order valence-electron chi connectivity index (χ3n) is 5.51. The lowest BCUT2D eigenvalue weighted by molar-refractivity contribution is -0.131. The number of nitrogens with zero attached hydrogens (tertiary/aromatic N) is 4. The number of ketones is 2. The van der Waals surface area contributed by atoms with Gasteiger partial charge < -0.3 is 14.5 Å². The Bertz CT molecular complexity index is 1200. The summed E-state index contributed by atoms with van der Waals surface area (Å²) < 4.78 is 4.98. The lowest BCUT2D eigenvalue weighted by Crippen LogP contribution is -2.42. The molecule has 0 radical (unpaired) electrons.